The first-order valence-corrected chi connectivity index (χ1v) is 7.20. The average Bonchev–Trinajstić information content (AvgIpc) is 2.81. The average molecular weight is 267 g/mol. The van der Waals surface area contributed by atoms with Gasteiger partial charge >= 0.3 is 0 Å². The third kappa shape index (κ3) is 3.45. The third-order valence-electron chi connectivity index (χ3n) is 2.97. The Morgan fingerprint density at radius 3 is 3.06 bits per heavy atom. The number of furan rings is 1. The van der Waals surface area contributed by atoms with Crippen LogP contribution in [0.1, 0.15) is 19.4 Å². The zero-order valence-electron chi connectivity index (χ0n) is 11.3. The lowest BCUT2D eigenvalue weighted by atomic mass is 10.2. The molecular weight excluding hydrogens is 246 g/mol. The Bertz CT molecular complexity index is 400. The van der Waals surface area contributed by atoms with E-state index in [4.69, 9.17) is 4.42 Å². The van der Waals surface area contributed by atoms with Gasteiger partial charge in [-0.1, -0.05) is 0 Å². The molecule has 4 nitrogen and oxygen atoms in total. The molecule has 0 bridgehead atoms. The van der Waals surface area contributed by atoms with Crippen molar-refractivity contribution in [1.29, 1.82) is 0 Å². The van der Waals surface area contributed by atoms with E-state index in [1.807, 2.05) is 24.9 Å². The lowest BCUT2D eigenvalue weighted by molar-refractivity contribution is 0.375. The molecule has 1 saturated heterocycles. The number of rotatable bonds is 2. The predicted molar refractivity (Wildman–Crippen MR) is 77.0 cm³/mol. The summed E-state index contributed by atoms with van der Waals surface area (Å²) in [6.07, 6.45) is 3.46. The number of guanidine groups is 1. The summed E-state index contributed by atoms with van der Waals surface area (Å²) in [5, 5.41) is 3.39. The van der Waals surface area contributed by atoms with E-state index in [-0.39, 0.29) is 0 Å². The van der Waals surface area contributed by atoms with Crippen LogP contribution in [0.15, 0.2) is 28.0 Å². The quantitative estimate of drug-likeness (QED) is 0.659. The summed E-state index contributed by atoms with van der Waals surface area (Å²) in [5.74, 6) is 2.13. The van der Waals surface area contributed by atoms with Gasteiger partial charge in [-0.05, 0) is 19.9 Å². The fourth-order valence-corrected chi connectivity index (χ4v) is 3.22. The molecule has 1 N–H and O–H groups in total. The first-order chi connectivity index (χ1) is 8.61. The summed E-state index contributed by atoms with van der Waals surface area (Å²) >= 11 is 2.03. The summed E-state index contributed by atoms with van der Waals surface area (Å²) in [6, 6.07) is 1.97. The lowest BCUT2D eigenvalue weighted by Gasteiger charge is -2.39. The number of nitrogens with one attached hydrogen (secondary N) is 1. The van der Waals surface area contributed by atoms with Gasteiger partial charge in [0.2, 0.25) is 0 Å². The third-order valence-corrected chi connectivity index (χ3v) is 4.26. The summed E-state index contributed by atoms with van der Waals surface area (Å²) in [7, 11) is 1.84. The second-order valence-corrected chi connectivity index (χ2v) is 6.86. The Morgan fingerprint density at radius 2 is 2.44 bits per heavy atom. The minimum atomic E-state index is 0.297. The van der Waals surface area contributed by atoms with Crippen molar-refractivity contribution in [3.05, 3.63) is 24.2 Å². The highest BCUT2D eigenvalue weighted by Crippen LogP contribution is 2.29. The Hall–Kier alpha value is -1.10. The molecule has 0 amide bonds. The molecule has 18 heavy (non-hydrogen) atoms. The molecule has 0 unspecified atom stereocenters. The van der Waals surface area contributed by atoms with Gasteiger partial charge in [-0.15, -0.1) is 0 Å². The van der Waals surface area contributed by atoms with Gasteiger partial charge in [0.15, 0.2) is 5.96 Å². The summed E-state index contributed by atoms with van der Waals surface area (Å²) in [5.41, 5.74) is 1.14. The molecule has 2 heterocycles. The maximum Gasteiger partial charge on any atom is 0.193 e. The van der Waals surface area contributed by atoms with Crippen molar-refractivity contribution < 1.29 is 4.42 Å². The molecule has 2 rings (SSSR count). The van der Waals surface area contributed by atoms with Crippen molar-refractivity contribution in [2.45, 2.75) is 25.1 Å². The highest BCUT2D eigenvalue weighted by Gasteiger charge is 2.28. The molecule has 0 aromatic carbocycles. The number of aliphatic imine (C=N–C) groups is 1. The lowest BCUT2D eigenvalue weighted by Crippen LogP contribution is -2.50. The Labute approximate surface area is 113 Å². The van der Waals surface area contributed by atoms with Gasteiger partial charge < -0.3 is 14.6 Å². The van der Waals surface area contributed by atoms with E-state index >= 15 is 0 Å². The van der Waals surface area contributed by atoms with Crippen molar-refractivity contribution in [3.63, 3.8) is 0 Å². The molecule has 0 aliphatic carbocycles. The Morgan fingerprint density at radius 1 is 1.61 bits per heavy atom. The van der Waals surface area contributed by atoms with Crippen LogP contribution in [0, 0.1) is 0 Å². The fraction of sp³-hybridized carbons (Fsp3) is 0.615. The van der Waals surface area contributed by atoms with E-state index in [2.05, 4.69) is 29.1 Å². The molecule has 0 spiro atoms. The van der Waals surface area contributed by atoms with Gasteiger partial charge in [-0.25, -0.2) is 0 Å². The maximum atomic E-state index is 5.06. The number of nitrogens with zero attached hydrogens (tertiary/aromatic N) is 2. The van der Waals surface area contributed by atoms with Gasteiger partial charge in [-0.3, -0.25) is 4.99 Å². The molecule has 0 radical (unpaired) electrons. The number of hydrogen-bond acceptors (Lipinski definition) is 3. The highest BCUT2D eigenvalue weighted by molar-refractivity contribution is 8.00. The molecule has 100 valence electrons. The minimum absolute atomic E-state index is 0.297. The Balaban J connectivity index is 1.92. The zero-order chi connectivity index (χ0) is 13.0. The molecule has 1 aromatic heterocycles. The van der Waals surface area contributed by atoms with Crippen LogP contribution >= 0.6 is 11.8 Å². The van der Waals surface area contributed by atoms with E-state index in [0.29, 0.717) is 4.75 Å². The van der Waals surface area contributed by atoms with Crippen molar-refractivity contribution in [2.24, 2.45) is 4.99 Å². The standard InChI is InChI=1S/C13H21N3OS/c1-13(2)10-16(5-7-18-13)12(14-3)15-8-11-4-6-17-9-11/h4,6,9H,5,7-8,10H2,1-3H3,(H,14,15). The van der Waals surface area contributed by atoms with Crippen LogP contribution in [-0.4, -0.2) is 41.5 Å². The van der Waals surface area contributed by atoms with Gasteiger partial charge in [0.05, 0.1) is 12.5 Å². The largest absolute Gasteiger partial charge is 0.472 e. The van der Waals surface area contributed by atoms with E-state index in [0.717, 1.165) is 36.9 Å². The van der Waals surface area contributed by atoms with Crippen molar-refractivity contribution in [3.8, 4) is 0 Å². The second-order valence-electron chi connectivity index (χ2n) is 5.06. The van der Waals surface area contributed by atoms with Crippen LogP contribution in [-0.2, 0) is 6.54 Å². The van der Waals surface area contributed by atoms with Gasteiger partial charge in [0, 0.05) is 42.7 Å². The summed E-state index contributed by atoms with van der Waals surface area (Å²) < 4.78 is 5.36. The smallest absolute Gasteiger partial charge is 0.193 e. The van der Waals surface area contributed by atoms with Crippen LogP contribution < -0.4 is 5.32 Å². The summed E-state index contributed by atoms with van der Waals surface area (Å²) in [4.78, 5) is 6.70. The minimum Gasteiger partial charge on any atom is -0.472 e. The topological polar surface area (TPSA) is 40.8 Å². The van der Waals surface area contributed by atoms with Crippen LogP contribution in [0.3, 0.4) is 0 Å². The zero-order valence-corrected chi connectivity index (χ0v) is 12.1. The SMILES string of the molecule is CN=C(NCc1ccoc1)N1CCSC(C)(C)C1. The fourth-order valence-electron chi connectivity index (χ4n) is 2.10. The monoisotopic (exact) mass is 267 g/mol. The summed E-state index contributed by atoms with van der Waals surface area (Å²) in [6.45, 7) is 7.41. The van der Waals surface area contributed by atoms with Crippen LogP contribution in [0.25, 0.3) is 0 Å². The number of thioether (sulfide) groups is 1. The van der Waals surface area contributed by atoms with E-state index < -0.39 is 0 Å². The van der Waals surface area contributed by atoms with E-state index in [1.165, 1.54) is 0 Å². The van der Waals surface area contributed by atoms with Gasteiger partial charge in [0.1, 0.15) is 0 Å². The molecule has 1 fully saturated rings. The van der Waals surface area contributed by atoms with Crippen molar-refractivity contribution in [2.75, 3.05) is 25.9 Å². The molecule has 5 heteroatoms. The first-order valence-electron chi connectivity index (χ1n) is 6.21. The van der Waals surface area contributed by atoms with Crippen molar-refractivity contribution in [1.82, 2.24) is 10.2 Å². The van der Waals surface area contributed by atoms with Crippen molar-refractivity contribution >= 4 is 17.7 Å². The molecular formula is C13H21N3OS. The molecule has 0 saturated carbocycles. The molecule has 1 aliphatic heterocycles. The second kappa shape index (κ2) is 5.69. The molecule has 1 aliphatic rings. The van der Waals surface area contributed by atoms with Crippen LogP contribution in [0.5, 0.6) is 0 Å². The number of hydrogen-bond donors (Lipinski definition) is 1. The van der Waals surface area contributed by atoms with E-state index in [9.17, 15) is 0 Å². The maximum absolute atomic E-state index is 5.06. The van der Waals surface area contributed by atoms with Crippen LogP contribution in [0.2, 0.25) is 0 Å². The van der Waals surface area contributed by atoms with E-state index in [1.54, 1.807) is 12.5 Å². The molecule has 1 aromatic rings. The van der Waals surface area contributed by atoms with Gasteiger partial charge in [-0.2, -0.15) is 11.8 Å². The Kier molecular flexibility index (Phi) is 4.22. The molecule has 0 atom stereocenters. The van der Waals surface area contributed by atoms with Crippen LogP contribution in [0.4, 0.5) is 0 Å². The van der Waals surface area contributed by atoms with Gasteiger partial charge in [0.25, 0.3) is 0 Å². The first kappa shape index (κ1) is 13.3. The predicted octanol–water partition coefficient (Wildman–Crippen LogP) is 2.18. The normalized spacial score (nSPS) is 19.9. The highest BCUT2D eigenvalue weighted by atomic mass is 32.2.